The van der Waals surface area contributed by atoms with Crippen LogP contribution in [0.3, 0.4) is 0 Å². The van der Waals surface area contributed by atoms with E-state index in [2.05, 4.69) is 21.2 Å². The molecule has 0 saturated heterocycles. The van der Waals surface area contributed by atoms with Crippen molar-refractivity contribution in [2.24, 2.45) is 5.73 Å². The van der Waals surface area contributed by atoms with Gasteiger partial charge in [-0.15, -0.1) is 0 Å². The van der Waals surface area contributed by atoms with Gasteiger partial charge in [-0.05, 0) is 46.3 Å². The van der Waals surface area contributed by atoms with Crippen LogP contribution in [0.1, 0.15) is 15.9 Å². The van der Waals surface area contributed by atoms with E-state index in [9.17, 15) is 13.6 Å². The maximum Gasteiger partial charge on any atom is 0.255 e. The monoisotopic (exact) mass is 370 g/mol. The van der Waals surface area contributed by atoms with Gasteiger partial charge < -0.3 is 11.1 Å². The van der Waals surface area contributed by atoms with E-state index in [0.29, 0.717) is 21.8 Å². The van der Waals surface area contributed by atoms with Crippen LogP contribution in [0.15, 0.2) is 40.9 Å². The largest absolute Gasteiger partial charge is 0.389 e. The zero-order valence-corrected chi connectivity index (χ0v) is 12.9. The lowest BCUT2D eigenvalue weighted by Gasteiger charge is -2.09. The van der Waals surface area contributed by atoms with E-state index in [4.69, 9.17) is 18.0 Å². The SMILES string of the molecule is NC(=S)c1ccc(NC(=O)c2cc(F)cc(F)c2)c(Br)c1. The summed E-state index contributed by atoms with van der Waals surface area (Å²) in [4.78, 5) is 12.2. The molecule has 0 bridgehead atoms. The second-order valence-corrected chi connectivity index (χ2v) is 5.47. The Morgan fingerprint density at radius 1 is 1.10 bits per heavy atom. The zero-order valence-electron chi connectivity index (χ0n) is 10.5. The molecule has 0 heterocycles. The molecule has 2 rings (SSSR count). The Labute approximate surface area is 133 Å². The molecule has 0 radical (unpaired) electrons. The number of hydrogen-bond acceptors (Lipinski definition) is 2. The van der Waals surface area contributed by atoms with Crippen LogP contribution < -0.4 is 11.1 Å². The van der Waals surface area contributed by atoms with Gasteiger partial charge in [0.25, 0.3) is 5.91 Å². The van der Waals surface area contributed by atoms with Gasteiger partial charge in [-0.25, -0.2) is 8.78 Å². The first-order chi connectivity index (χ1) is 9.86. The number of carbonyl (C=O) groups excluding carboxylic acids is 1. The Morgan fingerprint density at radius 2 is 1.71 bits per heavy atom. The summed E-state index contributed by atoms with van der Waals surface area (Å²) in [7, 11) is 0. The van der Waals surface area contributed by atoms with Crippen molar-refractivity contribution in [3.05, 3.63) is 63.6 Å². The van der Waals surface area contributed by atoms with Crippen LogP contribution in [0.4, 0.5) is 14.5 Å². The lowest BCUT2D eigenvalue weighted by molar-refractivity contribution is 0.102. The Morgan fingerprint density at radius 3 is 2.24 bits per heavy atom. The first-order valence-corrected chi connectivity index (χ1v) is 6.94. The third-order valence-electron chi connectivity index (χ3n) is 2.63. The molecule has 108 valence electrons. The first-order valence-electron chi connectivity index (χ1n) is 5.73. The average molecular weight is 371 g/mol. The number of hydrogen-bond donors (Lipinski definition) is 2. The van der Waals surface area contributed by atoms with Crippen molar-refractivity contribution in [2.45, 2.75) is 0 Å². The summed E-state index contributed by atoms with van der Waals surface area (Å²) in [6.45, 7) is 0. The van der Waals surface area contributed by atoms with Gasteiger partial charge in [-0.2, -0.15) is 0 Å². The molecule has 0 aliphatic rings. The zero-order chi connectivity index (χ0) is 15.6. The summed E-state index contributed by atoms with van der Waals surface area (Å²) in [6.07, 6.45) is 0. The van der Waals surface area contributed by atoms with E-state index < -0.39 is 17.5 Å². The number of nitrogens with two attached hydrogens (primary N) is 1. The van der Waals surface area contributed by atoms with Gasteiger partial charge in [-0.3, -0.25) is 4.79 Å². The van der Waals surface area contributed by atoms with Crippen LogP contribution in [0, 0.1) is 11.6 Å². The third-order valence-corrected chi connectivity index (χ3v) is 3.52. The number of carbonyl (C=O) groups is 1. The summed E-state index contributed by atoms with van der Waals surface area (Å²) < 4.78 is 26.7. The maximum atomic E-state index is 13.1. The van der Waals surface area contributed by atoms with E-state index >= 15 is 0 Å². The van der Waals surface area contributed by atoms with E-state index in [1.807, 2.05) is 0 Å². The van der Waals surface area contributed by atoms with Crippen LogP contribution in [0.5, 0.6) is 0 Å². The maximum absolute atomic E-state index is 13.1. The predicted octanol–water partition coefficient (Wildman–Crippen LogP) is 3.61. The molecule has 2 aromatic rings. The van der Waals surface area contributed by atoms with E-state index in [1.54, 1.807) is 18.2 Å². The van der Waals surface area contributed by atoms with Crippen molar-refractivity contribution in [1.29, 1.82) is 0 Å². The van der Waals surface area contributed by atoms with E-state index in [-0.39, 0.29) is 10.6 Å². The number of thiocarbonyl (C=S) groups is 1. The van der Waals surface area contributed by atoms with Gasteiger partial charge in [0.15, 0.2) is 0 Å². The van der Waals surface area contributed by atoms with Crippen LogP contribution in [0.25, 0.3) is 0 Å². The number of rotatable bonds is 3. The molecule has 21 heavy (non-hydrogen) atoms. The number of halogens is 3. The van der Waals surface area contributed by atoms with Crippen molar-refractivity contribution in [1.82, 2.24) is 0 Å². The lowest BCUT2D eigenvalue weighted by atomic mass is 10.1. The molecule has 0 saturated carbocycles. The van der Waals surface area contributed by atoms with Gasteiger partial charge in [-0.1, -0.05) is 12.2 Å². The Kier molecular flexibility index (Phi) is 4.64. The van der Waals surface area contributed by atoms with Crippen molar-refractivity contribution in [3.63, 3.8) is 0 Å². The number of benzene rings is 2. The highest BCUT2D eigenvalue weighted by Crippen LogP contribution is 2.24. The smallest absolute Gasteiger partial charge is 0.255 e. The van der Waals surface area contributed by atoms with Crippen molar-refractivity contribution in [3.8, 4) is 0 Å². The second-order valence-electron chi connectivity index (χ2n) is 4.17. The Hall–Kier alpha value is -1.86. The van der Waals surface area contributed by atoms with Gasteiger partial charge >= 0.3 is 0 Å². The standard InChI is InChI=1S/C14H9BrF2N2OS/c15-11-5-7(13(18)21)1-2-12(11)19-14(20)8-3-9(16)6-10(17)4-8/h1-6H,(H2,18,21)(H,19,20). The van der Waals surface area contributed by atoms with E-state index in [1.165, 1.54) is 0 Å². The van der Waals surface area contributed by atoms with Crippen molar-refractivity contribution < 1.29 is 13.6 Å². The van der Waals surface area contributed by atoms with Crippen molar-refractivity contribution >= 4 is 44.7 Å². The minimum atomic E-state index is -0.817. The van der Waals surface area contributed by atoms with Gasteiger partial charge in [0.2, 0.25) is 0 Å². The summed E-state index contributed by atoms with van der Waals surface area (Å²) in [5.74, 6) is -2.26. The second kappa shape index (κ2) is 6.28. The average Bonchev–Trinajstić information content (AvgIpc) is 2.39. The summed E-state index contributed by atoms with van der Waals surface area (Å²) in [6, 6.07) is 7.47. The quantitative estimate of drug-likeness (QED) is 0.811. The molecule has 3 nitrogen and oxygen atoms in total. The molecule has 7 heteroatoms. The minimum absolute atomic E-state index is 0.113. The Balaban J connectivity index is 2.25. The Bertz CT molecular complexity index is 717. The molecule has 0 aromatic heterocycles. The molecule has 2 aromatic carbocycles. The van der Waals surface area contributed by atoms with E-state index in [0.717, 1.165) is 12.1 Å². The molecule has 0 fully saturated rings. The highest BCUT2D eigenvalue weighted by Gasteiger charge is 2.11. The molecule has 3 N–H and O–H groups in total. The summed E-state index contributed by atoms with van der Waals surface area (Å²) in [5, 5.41) is 2.54. The summed E-state index contributed by atoms with van der Waals surface area (Å²) >= 11 is 8.11. The molecule has 0 atom stereocenters. The van der Waals surface area contributed by atoms with Crippen LogP contribution in [-0.4, -0.2) is 10.9 Å². The van der Waals surface area contributed by atoms with Gasteiger partial charge in [0.1, 0.15) is 16.6 Å². The first kappa shape index (κ1) is 15.5. The minimum Gasteiger partial charge on any atom is -0.389 e. The topological polar surface area (TPSA) is 55.1 Å². The fraction of sp³-hybridized carbons (Fsp3) is 0. The molecular formula is C14H9BrF2N2OS. The van der Waals surface area contributed by atoms with Gasteiger partial charge in [0, 0.05) is 21.7 Å². The highest BCUT2D eigenvalue weighted by molar-refractivity contribution is 9.10. The number of anilines is 1. The molecule has 0 aliphatic carbocycles. The number of amides is 1. The van der Waals surface area contributed by atoms with Gasteiger partial charge in [0.05, 0.1) is 5.69 Å². The molecule has 1 amide bonds. The fourth-order valence-electron chi connectivity index (χ4n) is 1.65. The van der Waals surface area contributed by atoms with Crippen LogP contribution in [-0.2, 0) is 0 Å². The lowest BCUT2D eigenvalue weighted by Crippen LogP contribution is -2.14. The molecule has 0 unspecified atom stereocenters. The molecular weight excluding hydrogens is 362 g/mol. The number of nitrogens with one attached hydrogen (secondary N) is 1. The summed E-state index contributed by atoms with van der Waals surface area (Å²) in [5.41, 5.74) is 6.45. The normalized spacial score (nSPS) is 10.2. The molecule has 0 spiro atoms. The van der Waals surface area contributed by atoms with Crippen LogP contribution in [0.2, 0.25) is 0 Å². The highest BCUT2D eigenvalue weighted by atomic mass is 79.9. The third kappa shape index (κ3) is 3.83. The predicted molar refractivity (Wildman–Crippen MR) is 84.3 cm³/mol. The molecule has 0 aliphatic heterocycles. The van der Waals surface area contributed by atoms with Crippen molar-refractivity contribution in [2.75, 3.05) is 5.32 Å². The fourth-order valence-corrected chi connectivity index (χ4v) is 2.25. The van der Waals surface area contributed by atoms with Crippen LogP contribution >= 0.6 is 28.1 Å².